The second-order valence-corrected chi connectivity index (χ2v) is 5.36. The quantitative estimate of drug-likeness (QED) is 0.765. The summed E-state index contributed by atoms with van der Waals surface area (Å²) >= 11 is 1.13. The average molecular weight is 345 g/mol. The zero-order valence-electron chi connectivity index (χ0n) is 13.3. The molecule has 0 spiro atoms. The molecule has 24 heavy (non-hydrogen) atoms. The van der Waals surface area contributed by atoms with Crippen molar-refractivity contribution in [1.29, 1.82) is 0 Å². The molecule has 0 saturated heterocycles. The van der Waals surface area contributed by atoms with E-state index >= 15 is 0 Å². The predicted molar refractivity (Wildman–Crippen MR) is 91.5 cm³/mol. The Morgan fingerprint density at radius 3 is 2.25 bits per heavy atom. The third-order valence-electron chi connectivity index (χ3n) is 3.44. The Bertz CT molecular complexity index is 869. The Kier molecular flexibility index (Phi) is 4.48. The van der Waals surface area contributed by atoms with Crippen molar-refractivity contribution in [1.82, 2.24) is 8.75 Å². The van der Waals surface area contributed by atoms with Crippen LogP contribution in [0.25, 0.3) is 11.0 Å². The van der Waals surface area contributed by atoms with Crippen LogP contribution in [0.3, 0.4) is 0 Å². The number of ether oxygens (including phenoxy) is 3. The highest BCUT2D eigenvalue weighted by Crippen LogP contribution is 2.38. The Morgan fingerprint density at radius 2 is 1.62 bits per heavy atom. The molecule has 1 aromatic heterocycles. The van der Waals surface area contributed by atoms with E-state index in [4.69, 9.17) is 14.2 Å². The van der Waals surface area contributed by atoms with Gasteiger partial charge in [0, 0.05) is 11.3 Å². The van der Waals surface area contributed by atoms with Crippen LogP contribution in [0.2, 0.25) is 0 Å². The summed E-state index contributed by atoms with van der Waals surface area (Å²) in [6, 6.07) is 8.55. The van der Waals surface area contributed by atoms with Gasteiger partial charge < -0.3 is 19.5 Å². The van der Waals surface area contributed by atoms with Gasteiger partial charge in [0.05, 0.1) is 33.1 Å². The fraction of sp³-hybridized carbons (Fsp3) is 0.188. The smallest absolute Gasteiger partial charge is 0.255 e. The summed E-state index contributed by atoms with van der Waals surface area (Å²) in [4.78, 5) is 12.5. The van der Waals surface area contributed by atoms with E-state index < -0.39 is 0 Å². The first-order valence-electron chi connectivity index (χ1n) is 7.00. The van der Waals surface area contributed by atoms with Gasteiger partial charge in [0.1, 0.15) is 11.0 Å². The zero-order chi connectivity index (χ0) is 17.1. The first-order valence-corrected chi connectivity index (χ1v) is 7.73. The van der Waals surface area contributed by atoms with E-state index in [1.165, 1.54) is 21.3 Å². The molecular formula is C16H15N3O4S. The first kappa shape index (κ1) is 16.0. The number of benzene rings is 2. The van der Waals surface area contributed by atoms with Crippen LogP contribution in [0, 0.1) is 0 Å². The lowest BCUT2D eigenvalue weighted by Gasteiger charge is -2.14. The van der Waals surface area contributed by atoms with Crippen LogP contribution in [0.4, 0.5) is 5.69 Å². The van der Waals surface area contributed by atoms with Crippen LogP contribution in [0.5, 0.6) is 17.2 Å². The number of nitrogens with zero attached hydrogens (tertiary/aromatic N) is 2. The molecule has 1 heterocycles. The van der Waals surface area contributed by atoms with Gasteiger partial charge in [-0.3, -0.25) is 4.79 Å². The fourth-order valence-electron chi connectivity index (χ4n) is 2.28. The molecular weight excluding hydrogens is 330 g/mol. The molecule has 7 nitrogen and oxygen atoms in total. The molecule has 0 fully saturated rings. The number of carbonyl (C=O) groups is 1. The minimum absolute atomic E-state index is 0.295. The number of rotatable bonds is 5. The van der Waals surface area contributed by atoms with E-state index in [1.807, 2.05) is 6.07 Å². The molecule has 0 aliphatic carbocycles. The van der Waals surface area contributed by atoms with Crippen molar-refractivity contribution < 1.29 is 19.0 Å². The van der Waals surface area contributed by atoms with E-state index in [9.17, 15) is 4.79 Å². The highest BCUT2D eigenvalue weighted by molar-refractivity contribution is 7.00. The maximum Gasteiger partial charge on any atom is 0.255 e. The second-order valence-electron chi connectivity index (χ2n) is 4.84. The minimum atomic E-state index is -0.295. The number of amides is 1. The van der Waals surface area contributed by atoms with Gasteiger partial charge in [-0.2, -0.15) is 8.75 Å². The summed E-state index contributed by atoms with van der Waals surface area (Å²) < 4.78 is 24.1. The standard InChI is InChI=1S/C16H15N3O4S/c1-21-13-6-9(7-14(22-2)15(13)23-3)16(20)17-10-4-5-11-12(8-10)19-24-18-11/h4-8H,1-3H3,(H,17,20). The maximum absolute atomic E-state index is 12.5. The van der Waals surface area contributed by atoms with E-state index in [0.717, 1.165) is 22.8 Å². The van der Waals surface area contributed by atoms with Crippen LogP contribution >= 0.6 is 11.7 Å². The van der Waals surface area contributed by atoms with E-state index in [0.29, 0.717) is 28.5 Å². The Morgan fingerprint density at radius 1 is 0.958 bits per heavy atom. The van der Waals surface area contributed by atoms with Crippen molar-refractivity contribution in [2.45, 2.75) is 0 Å². The van der Waals surface area contributed by atoms with Crippen molar-refractivity contribution >= 4 is 34.4 Å². The van der Waals surface area contributed by atoms with Crippen LogP contribution in [-0.2, 0) is 0 Å². The summed E-state index contributed by atoms with van der Waals surface area (Å²) in [6.45, 7) is 0. The van der Waals surface area contributed by atoms with E-state index in [-0.39, 0.29) is 5.91 Å². The van der Waals surface area contributed by atoms with E-state index in [2.05, 4.69) is 14.1 Å². The van der Waals surface area contributed by atoms with Crippen molar-refractivity contribution in [2.75, 3.05) is 26.6 Å². The van der Waals surface area contributed by atoms with Gasteiger partial charge in [0.25, 0.3) is 5.91 Å². The van der Waals surface area contributed by atoms with Gasteiger partial charge >= 0.3 is 0 Å². The Labute approximate surface area is 142 Å². The summed E-state index contributed by atoms with van der Waals surface area (Å²) in [5.74, 6) is 0.977. The van der Waals surface area contributed by atoms with Crippen LogP contribution in [-0.4, -0.2) is 36.0 Å². The topological polar surface area (TPSA) is 82.6 Å². The highest BCUT2D eigenvalue weighted by atomic mass is 32.1. The third-order valence-corrected chi connectivity index (χ3v) is 4.00. The van der Waals surface area contributed by atoms with Crippen molar-refractivity contribution in [2.24, 2.45) is 0 Å². The van der Waals surface area contributed by atoms with Gasteiger partial charge in [-0.05, 0) is 30.3 Å². The van der Waals surface area contributed by atoms with Crippen LogP contribution in [0.15, 0.2) is 30.3 Å². The van der Waals surface area contributed by atoms with E-state index in [1.54, 1.807) is 24.3 Å². The number of nitrogens with one attached hydrogen (secondary N) is 1. The number of carbonyl (C=O) groups excluding carboxylic acids is 1. The van der Waals surface area contributed by atoms with Gasteiger partial charge in [-0.1, -0.05) is 0 Å². The molecule has 0 bridgehead atoms. The molecule has 1 N–H and O–H groups in total. The molecule has 0 saturated carbocycles. The largest absolute Gasteiger partial charge is 0.493 e. The first-order chi connectivity index (χ1) is 11.7. The molecule has 0 unspecified atom stereocenters. The monoisotopic (exact) mass is 345 g/mol. The molecule has 0 atom stereocenters. The van der Waals surface area contributed by atoms with Gasteiger partial charge in [0.2, 0.25) is 5.75 Å². The second kappa shape index (κ2) is 6.71. The third kappa shape index (κ3) is 2.95. The van der Waals surface area contributed by atoms with Crippen LogP contribution < -0.4 is 19.5 Å². The SMILES string of the molecule is COc1cc(C(=O)Nc2ccc3nsnc3c2)cc(OC)c1OC. The number of anilines is 1. The van der Waals surface area contributed by atoms with Crippen LogP contribution in [0.1, 0.15) is 10.4 Å². The Balaban J connectivity index is 1.91. The summed E-state index contributed by atoms with van der Waals surface area (Å²) in [6.07, 6.45) is 0. The lowest BCUT2D eigenvalue weighted by atomic mass is 10.1. The molecule has 0 radical (unpaired) electrons. The molecule has 3 rings (SSSR count). The summed E-state index contributed by atoms with van der Waals surface area (Å²) in [7, 11) is 4.52. The number of hydrogen-bond donors (Lipinski definition) is 1. The van der Waals surface area contributed by atoms with Gasteiger partial charge in [0.15, 0.2) is 11.5 Å². The highest BCUT2D eigenvalue weighted by Gasteiger charge is 2.17. The molecule has 8 heteroatoms. The number of hydrogen-bond acceptors (Lipinski definition) is 7. The van der Waals surface area contributed by atoms with Crippen molar-refractivity contribution in [3.8, 4) is 17.2 Å². The lowest BCUT2D eigenvalue weighted by Crippen LogP contribution is -2.12. The predicted octanol–water partition coefficient (Wildman–Crippen LogP) is 2.97. The van der Waals surface area contributed by atoms with Crippen molar-refractivity contribution in [3.63, 3.8) is 0 Å². The molecule has 2 aromatic carbocycles. The number of fused-ring (bicyclic) bond motifs is 1. The summed E-state index contributed by atoms with van der Waals surface area (Å²) in [5, 5.41) is 2.83. The molecule has 3 aromatic rings. The average Bonchev–Trinajstić information content (AvgIpc) is 3.07. The summed E-state index contributed by atoms with van der Waals surface area (Å²) in [5.41, 5.74) is 2.56. The number of aromatic nitrogens is 2. The lowest BCUT2D eigenvalue weighted by molar-refractivity contribution is 0.102. The molecule has 124 valence electrons. The van der Waals surface area contributed by atoms with Gasteiger partial charge in [-0.15, -0.1) is 0 Å². The van der Waals surface area contributed by atoms with Crippen molar-refractivity contribution in [3.05, 3.63) is 35.9 Å². The minimum Gasteiger partial charge on any atom is -0.493 e. The number of methoxy groups -OCH3 is 3. The Hall–Kier alpha value is -2.87. The molecule has 1 amide bonds. The van der Waals surface area contributed by atoms with Gasteiger partial charge in [-0.25, -0.2) is 0 Å². The fourth-order valence-corrected chi connectivity index (χ4v) is 2.79. The zero-order valence-corrected chi connectivity index (χ0v) is 14.1. The molecule has 0 aliphatic heterocycles. The maximum atomic E-state index is 12.5. The molecule has 0 aliphatic rings. The normalized spacial score (nSPS) is 10.5.